The first-order chi connectivity index (χ1) is 18.5. The number of ether oxygens (including phenoxy) is 1. The van der Waals surface area contributed by atoms with E-state index in [1.165, 1.54) is 6.07 Å². The van der Waals surface area contributed by atoms with Crippen molar-refractivity contribution in [2.45, 2.75) is 50.9 Å². The third kappa shape index (κ3) is 6.83. The van der Waals surface area contributed by atoms with Gasteiger partial charge in [0.1, 0.15) is 5.75 Å². The summed E-state index contributed by atoms with van der Waals surface area (Å²) in [5.41, 5.74) is 1.08. The van der Waals surface area contributed by atoms with E-state index in [1.807, 2.05) is 24.0 Å². The number of rotatable bonds is 9. The van der Waals surface area contributed by atoms with E-state index in [2.05, 4.69) is 4.98 Å². The van der Waals surface area contributed by atoms with Crippen molar-refractivity contribution in [1.82, 2.24) is 9.88 Å². The zero-order valence-electron chi connectivity index (χ0n) is 21.8. The van der Waals surface area contributed by atoms with Crippen LogP contribution in [0, 0.1) is 11.8 Å². The standard InChI is InChI=1S/C29H32ClF3N2O4/c1-17(13-19-14-20(29(31,32)33)4-6-25(19)30)35-12-10-18(24(16-35)28(37)38)3-8-27(36)22-9-11-34-26-7-5-21(39-2)15-23(22)26/h4-7,9,11,14-15,17-18,24,27,36H,3,8,10,12-13,16H2,1-2H3,(H,37,38)/t17?,18-,24+,27?/m1/s1. The molecular formula is C29H32ClF3N2O4. The summed E-state index contributed by atoms with van der Waals surface area (Å²) in [6, 6.07) is 10.3. The number of fused-ring (bicyclic) bond motifs is 1. The molecule has 1 saturated heterocycles. The Kier molecular flexibility index (Phi) is 9.03. The maximum Gasteiger partial charge on any atom is 0.416 e. The molecule has 210 valence electrons. The van der Waals surface area contributed by atoms with Crippen LogP contribution in [0.1, 0.15) is 49.0 Å². The van der Waals surface area contributed by atoms with Crippen LogP contribution in [0.5, 0.6) is 5.75 Å². The molecule has 0 bridgehead atoms. The molecular weight excluding hydrogens is 533 g/mol. The van der Waals surface area contributed by atoms with E-state index >= 15 is 0 Å². The number of nitrogens with zero attached hydrogens (tertiary/aromatic N) is 2. The Morgan fingerprint density at radius 1 is 1.23 bits per heavy atom. The first kappa shape index (κ1) is 29.1. The maximum atomic E-state index is 13.2. The lowest BCUT2D eigenvalue weighted by Gasteiger charge is -2.40. The quantitative estimate of drug-likeness (QED) is 0.314. The van der Waals surface area contributed by atoms with Crippen LogP contribution in [0.4, 0.5) is 13.2 Å². The van der Waals surface area contributed by atoms with Gasteiger partial charge in [-0.1, -0.05) is 11.6 Å². The van der Waals surface area contributed by atoms with Crippen LogP contribution in [-0.2, 0) is 17.4 Å². The fourth-order valence-corrected chi connectivity index (χ4v) is 5.69. The molecule has 3 aromatic rings. The molecule has 0 spiro atoms. The fraction of sp³-hybridized carbons (Fsp3) is 0.448. The van der Waals surface area contributed by atoms with Gasteiger partial charge in [-0.05, 0) is 98.7 Å². The topological polar surface area (TPSA) is 82.9 Å². The summed E-state index contributed by atoms with van der Waals surface area (Å²) in [4.78, 5) is 18.6. The molecule has 1 aliphatic rings. The largest absolute Gasteiger partial charge is 0.497 e. The number of likely N-dealkylation sites (tertiary alicyclic amines) is 1. The predicted octanol–water partition coefficient (Wildman–Crippen LogP) is 6.38. The Morgan fingerprint density at radius 3 is 2.69 bits per heavy atom. The number of carboxylic acid groups (broad SMARTS) is 1. The minimum absolute atomic E-state index is 0.139. The Balaban J connectivity index is 1.41. The number of carboxylic acids is 1. The zero-order valence-corrected chi connectivity index (χ0v) is 22.5. The molecule has 1 fully saturated rings. The van der Waals surface area contributed by atoms with E-state index in [0.29, 0.717) is 37.1 Å². The number of carbonyl (C=O) groups is 1. The number of hydrogen-bond acceptors (Lipinski definition) is 5. The molecule has 2 N–H and O–H groups in total. The molecule has 6 nitrogen and oxygen atoms in total. The van der Waals surface area contributed by atoms with Gasteiger partial charge in [0.05, 0.1) is 30.2 Å². The van der Waals surface area contributed by atoms with Gasteiger partial charge in [-0.25, -0.2) is 0 Å². The summed E-state index contributed by atoms with van der Waals surface area (Å²) in [5, 5.41) is 22.1. The van der Waals surface area contributed by atoms with E-state index < -0.39 is 29.7 Å². The van der Waals surface area contributed by atoms with Crippen molar-refractivity contribution >= 4 is 28.5 Å². The highest BCUT2D eigenvalue weighted by molar-refractivity contribution is 6.31. The fourth-order valence-electron chi connectivity index (χ4n) is 5.50. The molecule has 1 aromatic heterocycles. The second kappa shape index (κ2) is 12.1. The number of piperidine rings is 1. The van der Waals surface area contributed by atoms with Crippen molar-refractivity contribution in [3.05, 3.63) is 70.4 Å². The number of aliphatic hydroxyl groups excluding tert-OH is 1. The van der Waals surface area contributed by atoms with Gasteiger partial charge in [0.25, 0.3) is 0 Å². The van der Waals surface area contributed by atoms with Crippen molar-refractivity contribution in [2.24, 2.45) is 11.8 Å². The van der Waals surface area contributed by atoms with Crippen LogP contribution in [0.25, 0.3) is 10.9 Å². The number of hydrogen-bond donors (Lipinski definition) is 2. The summed E-state index contributed by atoms with van der Waals surface area (Å²) < 4.78 is 44.8. The third-order valence-electron chi connectivity index (χ3n) is 7.77. The molecule has 10 heteroatoms. The number of alkyl halides is 3. The Morgan fingerprint density at radius 2 is 2.00 bits per heavy atom. The molecule has 0 saturated carbocycles. The summed E-state index contributed by atoms with van der Waals surface area (Å²) >= 11 is 6.19. The molecule has 1 aliphatic heterocycles. The number of halogens is 4. The lowest BCUT2D eigenvalue weighted by molar-refractivity contribution is -0.146. The van der Waals surface area contributed by atoms with Crippen LogP contribution in [0.3, 0.4) is 0 Å². The summed E-state index contributed by atoms with van der Waals surface area (Å²) in [5.74, 6) is -1.05. The lowest BCUT2D eigenvalue weighted by Crippen LogP contribution is -2.48. The first-order valence-corrected chi connectivity index (χ1v) is 13.3. The van der Waals surface area contributed by atoms with Crippen LogP contribution in [-0.4, -0.2) is 52.3 Å². The van der Waals surface area contributed by atoms with Crippen molar-refractivity contribution in [3.63, 3.8) is 0 Å². The van der Waals surface area contributed by atoms with Crippen LogP contribution < -0.4 is 4.74 Å². The zero-order chi connectivity index (χ0) is 28.3. The molecule has 2 aromatic carbocycles. The van der Waals surface area contributed by atoms with Crippen molar-refractivity contribution in [2.75, 3.05) is 20.2 Å². The number of pyridine rings is 1. The second-order valence-electron chi connectivity index (χ2n) is 10.2. The number of aromatic nitrogens is 1. The van der Waals surface area contributed by atoms with Crippen LogP contribution in [0.15, 0.2) is 48.7 Å². The van der Waals surface area contributed by atoms with Crippen LogP contribution in [0.2, 0.25) is 5.02 Å². The smallest absolute Gasteiger partial charge is 0.416 e. The van der Waals surface area contributed by atoms with Gasteiger partial charge in [0, 0.05) is 29.2 Å². The van der Waals surface area contributed by atoms with E-state index in [-0.39, 0.29) is 29.9 Å². The average molecular weight is 565 g/mol. The predicted molar refractivity (Wildman–Crippen MR) is 143 cm³/mol. The molecule has 2 unspecified atom stereocenters. The number of aliphatic carboxylic acids is 1. The Hall–Kier alpha value is -2.88. The normalized spacial score (nSPS) is 20.1. The molecule has 0 aliphatic carbocycles. The average Bonchev–Trinajstić information content (AvgIpc) is 2.91. The minimum Gasteiger partial charge on any atom is -0.497 e. The molecule has 4 rings (SSSR count). The van der Waals surface area contributed by atoms with Gasteiger partial charge in [-0.2, -0.15) is 13.2 Å². The van der Waals surface area contributed by atoms with Gasteiger partial charge in [-0.15, -0.1) is 0 Å². The van der Waals surface area contributed by atoms with Crippen LogP contribution >= 0.6 is 11.6 Å². The summed E-state index contributed by atoms with van der Waals surface area (Å²) in [7, 11) is 1.57. The van der Waals surface area contributed by atoms with E-state index in [0.717, 1.165) is 28.6 Å². The Labute approximate surface area is 230 Å². The second-order valence-corrected chi connectivity index (χ2v) is 10.6. The van der Waals surface area contributed by atoms with E-state index in [1.54, 1.807) is 25.4 Å². The first-order valence-electron chi connectivity index (χ1n) is 12.9. The van der Waals surface area contributed by atoms with Gasteiger partial charge in [0.15, 0.2) is 0 Å². The van der Waals surface area contributed by atoms with Crippen molar-refractivity contribution in [1.29, 1.82) is 0 Å². The monoisotopic (exact) mass is 564 g/mol. The number of methoxy groups -OCH3 is 1. The SMILES string of the molecule is COc1ccc2nccc(C(O)CC[C@@H]3CCN(C(C)Cc4cc(C(F)(F)F)ccc4Cl)C[C@@H]3C(=O)O)c2c1. The Bertz CT molecular complexity index is 1320. The molecule has 39 heavy (non-hydrogen) atoms. The molecule has 4 atom stereocenters. The van der Waals surface area contributed by atoms with Crippen molar-refractivity contribution < 1.29 is 32.9 Å². The summed E-state index contributed by atoms with van der Waals surface area (Å²) in [6.07, 6.45) is -1.82. The minimum atomic E-state index is -4.46. The lowest BCUT2D eigenvalue weighted by atomic mass is 9.80. The molecule has 2 heterocycles. The highest BCUT2D eigenvalue weighted by Gasteiger charge is 2.36. The summed E-state index contributed by atoms with van der Waals surface area (Å²) in [6.45, 7) is 2.77. The van der Waals surface area contributed by atoms with Crippen molar-refractivity contribution in [3.8, 4) is 5.75 Å². The van der Waals surface area contributed by atoms with E-state index in [4.69, 9.17) is 16.3 Å². The number of benzene rings is 2. The van der Waals surface area contributed by atoms with Gasteiger partial charge in [-0.3, -0.25) is 14.7 Å². The highest BCUT2D eigenvalue weighted by Crippen LogP contribution is 2.36. The van der Waals surface area contributed by atoms with Gasteiger partial charge in [0.2, 0.25) is 0 Å². The number of aliphatic hydroxyl groups is 1. The molecule has 0 amide bonds. The maximum absolute atomic E-state index is 13.2. The van der Waals surface area contributed by atoms with Gasteiger partial charge >= 0.3 is 12.1 Å². The molecule has 0 radical (unpaired) electrons. The highest BCUT2D eigenvalue weighted by atomic mass is 35.5. The van der Waals surface area contributed by atoms with Gasteiger partial charge < -0.3 is 14.9 Å². The van der Waals surface area contributed by atoms with E-state index in [9.17, 15) is 28.2 Å². The third-order valence-corrected chi connectivity index (χ3v) is 8.14.